The van der Waals surface area contributed by atoms with Crippen molar-refractivity contribution in [2.45, 2.75) is 58.7 Å². The third-order valence-corrected chi connectivity index (χ3v) is 4.95. The molecule has 0 radical (unpaired) electrons. The molecule has 0 bridgehead atoms. The summed E-state index contributed by atoms with van der Waals surface area (Å²) in [6, 6.07) is 2.47. The predicted octanol–water partition coefficient (Wildman–Crippen LogP) is 2.71. The van der Waals surface area contributed by atoms with E-state index in [4.69, 9.17) is 10.5 Å². The number of aliphatic hydroxyl groups is 1. The lowest BCUT2D eigenvalue weighted by atomic mass is 9.88. The first-order chi connectivity index (χ1) is 10.5. The summed E-state index contributed by atoms with van der Waals surface area (Å²) in [6.45, 7) is 10.3. The highest BCUT2D eigenvalue weighted by atomic mass is 16.5. The predicted molar refractivity (Wildman–Crippen MR) is 90.3 cm³/mol. The second-order valence-electron chi connectivity index (χ2n) is 6.52. The Morgan fingerprint density at radius 2 is 2.14 bits per heavy atom. The Labute approximate surface area is 134 Å². The van der Waals surface area contributed by atoms with E-state index in [9.17, 15) is 5.11 Å². The highest BCUT2D eigenvalue weighted by molar-refractivity contribution is 5.54. The molecule has 3 N–H and O–H groups in total. The van der Waals surface area contributed by atoms with Crippen LogP contribution in [0.4, 0.5) is 0 Å². The molecule has 2 rings (SSSR count). The molecule has 1 aromatic rings. The molecular formula is C18H30N2O2. The van der Waals surface area contributed by atoms with Crippen LogP contribution in [0.25, 0.3) is 0 Å². The lowest BCUT2D eigenvalue weighted by Crippen LogP contribution is -2.39. The summed E-state index contributed by atoms with van der Waals surface area (Å²) in [7, 11) is 1.74. The van der Waals surface area contributed by atoms with Crippen LogP contribution in [0.3, 0.4) is 0 Å². The largest absolute Gasteiger partial charge is 0.496 e. The molecule has 0 saturated carbocycles. The maximum atomic E-state index is 9.72. The van der Waals surface area contributed by atoms with Crippen molar-refractivity contribution >= 4 is 0 Å². The van der Waals surface area contributed by atoms with Crippen LogP contribution in [0, 0.1) is 6.92 Å². The lowest BCUT2D eigenvalue weighted by molar-refractivity contribution is 0.0891. The van der Waals surface area contributed by atoms with Crippen LogP contribution in [0.15, 0.2) is 6.07 Å². The topological polar surface area (TPSA) is 58.7 Å². The highest BCUT2D eigenvalue weighted by Gasteiger charge is 2.37. The van der Waals surface area contributed by atoms with Crippen molar-refractivity contribution in [1.82, 2.24) is 4.90 Å². The summed E-state index contributed by atoms with van der Waals surface area (Å²) in [5, 5.41) is 9.72. The van der Waals surface area contributed by atoms with Gasteiger partial charge in [0.25, 0.3) is 0 Å². The van der Waals surface area contributed by atoms with Crippen LogP contribution in [-0.4, -0.2) is 36.3 Å². The minimum Gasteiger partial charge on any atom is -0.496 e. The molecule has 0 aromatic heterocycles. The smallest absolute Gasteiger partial charge is 0.122 e. The Kier molecular flexibility index (Phi) is 5.48. The van der Waals surface area contributed by atoms with Gasteiger partial charge in [0.1, 0.15) is 5.75 Å². The minimum absolute atomic E-state index is 0.159. The number of benzene rings is 1. The number of rotatable bonds is 6. The molecule has 2 atom stereocenters. The summed E-state index contributed by atoms with van der Waals surface area (Å²) in [5.74, 6) is 1.34. The first-order valence-electron chi connectivity index (χ1n) is 8.26. The van der Waals surface area contributed by atoms with Crippen molar-refractivity contribution in [3.8, 4) is 5.75 Å². The van der Waals surface area contributed by atoms with Crippen molar-refractivity contribution in [1.29, 1.82) is 0 Å². The van der Waals surface area contributed by atoms with Gasteiger partial charge in [0.2, 0.25) is 0 Å². The number of aliphatic hydroxyl groups excluding tert-OH is 1. The zero-order valence-electron chi connectivity index (χ0n) is 14.5. The summed E-state index contributed by atoms with van der Waals surface area (Å²) in [4.78, 5) is 2.36. The van der Waals surface area contributed by atoms with Crippen LogP contribution >= 0.6 is 0 Å². The van der Waals surface area contributed by atoms with Gasteiger partial charge in [-0.05, 0) is 42.0 Å². The quantitative estimate of drug-likeness (QED) is 0.848. The lowest BCUT2D eigenvalue weighted by Gasteiger charge is -2.31. The summed E-state index contributed by atoms with van der Waals surface area (Å²) in [5.41, 5.74) is 11.4. The molecule has 22 heavy (non-hydrogen) atoms. The van der Waals surface area contributed by atoms with E-state index in [1.165, 1.54) is 22.3 Å². The third kappa shape index (κ3) is 2.75. The van der Waals surface area contributed by atoms with Gasteiger partial charge in [-0.3, -0.25) is 4.90 Å². The molecule has 4 heteroatoms. The SMILES string of the molecule is CCC(CO)N1Cc2c(C)cc(OC)c(C(C)C)c2C1CN. The van der Waals surface area contributed by atoms with Gasteiger partial charge in [-0.1, -0.05) is 20.8 Å². The van der Waals surface area contributed by atoms with Gasteiger partial charge in [0, 0.05) is 30.7 Å². The second-order valence-corrected chi connectivity index (χ2v) is 6.52. The van der Waals surface area contributed by atoms with Crippen molar-refractivity contribution in [3.05, 3.63) is 28.3 Å². The molecule has 2 unspecified atom stereocenters. The van der Waals surface area contributed by atoms with Gasteiger partial charge in [-0.15, -0.1) is 0 Å². The van der Waals surface area contributed by atoms with Crippen molar-refractivity contribution < 1.29 is 9.84 Å². The zero-order valence-corrected chi connectivity index (χ0v) is 14.5. The third-order valence-electron chi connectivity index (χ3n) is 4.95. The van der Waals surface area contributed by atoms with E-state index in [0.717, 1.165) is 18.7 Å². The number of methoxy groups -OCH3 is 1. The van der Waals surface area contributed by atoms with E-state index in [1.54, 1.807) is 7.11 Å². The molecule has 1 aromatic carbocycles. The molecule has 0 spiro atoms. The fraction of sp³-hybridized carbons (Fsp3) is 0.667. The number of aryl methyl sites for hydroxylation is 1. The van der Waals surface area contributed by atoms with Crippen molar-refractivity contribution in [2.24, 2.45) is 5.73 Å². The van der Waals surface area contributed by atoms with Gasteiger partial charge >= 0.3 is 0 Å². The van der Waals surface area contributed by atoms with Gasteiger partial charge in [0.05, 0.1) is 13.7 Å². The fourth-order valence-corrected chi connectivity index (χ4v) is 3.79. The molecular weight excluding hydrogens is 276 g/mol. The molecule has 1 heterocycles. The molecule has 0 saturated heterocycles. The maximum Gasteiger partial charge on any atom is 0.122 e. The minimum atomic E-state index is 0.159. The number of ether oxygens (including phenoxy) is 1. The van der Waals surface area contributed by atoms with Crippen LogP contribution in [-0.2, 0) is 6.54 Å². The Morgan fingerprint density at radius 1 is 1.45 bits per heavy atom. The highest BCUT2D eigenvalue weighted by Crippen LogP contribution is 2.45. The average molecular weight is 306 g/mol. The van der Waals surface area contributed by atoms with E-state index in [-0.39, 0.29) is 18.7 Å². The second kappa shape index (κ2) is 6.99. The maximum absolute atomic E-state index is 9.72. The molecule has 0 aliphatic carbocycles. The van der Waals surface area contributed by atoms with E-state index in [0.29, 0.717) is 12.5 Å². The van der Waals surface area contributed by atoms with Crippen LogP contribution in [0.2, 0.25) is 0 Å². The number of nitrogens with zero attached hydrogens (tertiary/aromatic N) is 1. The van der Waals surface area contributed by atoms with Crippen molar-refractivity contribution in [2.75, 3.05) is 20.3 Å². The van der Waals surface area contributed by atoms with E-state index < -0.39 is 0 Å². The summed E-state index contributed by atoms with van der Waals surface area (Å²) >= 11 is 0. The molecule has 0 amide bonds. The molecule has 4 nitrogen and oxygen atoms in total. The first kappa shape index (κ1) is 17.3. The van der Waals surface area contributed by atoms with Gasteiger partial charge in [-0.2, -0.15) is 0 Å². The number of hydrogen-bond acceptors (Lipinski definition) is 4. The van der Waals surface area contributed by atoms with Gasteiger partial charge in [-0.25, -0.2) is 0 Å². The van der Waals surface area contributed by atoms with Gasteiger partial charge < -0.3 is 15.6 Å². The summed E-state index contributed by atoms with van der Waals surface area (Å²) < 4.78 is 5.65. The van der Waals surface area contributed by atoms with E-state index in [1.807, 2.05) is 0 Å². The number of nitrogens with two attached hydrogens (primary N) is 1. The molecule has 1 aliphatic rings. The van der Waals surface area contributed by atoms with Crippen LogP contribution in [0.1, 0.15) is 61.4 Å². The Balaban J connectivity index is 2.60. The molecule has 1 aliphatic heterocycles. The zero-order chi connectivity index (χ0) is 16.4. The van der Waals surface area contributed by atoms with Crippen LogP contribution < -0.4 is 10.5 Å². The standard InChI is InChI=1S/C18H30N2O2/c1-6-13(10-21)20-9-14-12(4)7-16(22-5)17(11(2)3)18(14)15(20)8-19/h7,11,13,15,21H,6,8-10,19H2,1-5H3. The monoisotopic (exact) mass is 306 g/mol. The number of hydrogen-bond donors (Lipinski definition) is 2. The fourth-order valence-electron chi connectivity index (χ4n) is 3.79. The average Bonchev–Trinajstić information content (AvgIpc) is 2.87. The summed E-state index contributed by atoms with van der Waals surface area (Å²) in [6.07, 6.45) is 0.925. The first-order valence-corrected chi connectivity index (χ1v) is 8.26. The number of fused-ring (bicyclic) bond motifs is 1. The Bertz CT molecular complexity index is 524. The molecule has 0 fully saturated rings. The van der Waals surface area contributed by atoms with Crippen molar-refractivity contribution in [3.63, 3.8) is 0 Å². The van der Waals surface area contributed by atoms with Crippen LogP contribution in [0.5, 0.6) is 5.75 Å². The normalized spacial score (nSPS) is 19.5. The molecule has 124 valence electrons. The van der Waals surface area contributed by atoms with E-state index in [2.05, 4.69) is 38.7 Å². The Morgan fingerprint density at radius 3 is 2.59 bits per heavy atom. The Hall–Kier alpha value is -1.10. The van der Waals surface area contributed by atoms with E-state index >= 15 is 0 Å². The van der Waals surface area contributed by atoms with Gasteiger partial charge in [0.15, 0.2) is 0 Å².